The van der Waals surface area contributed by atoms with E-state index >= 15 is 0 Å². The summed E-state index contributed by atoms with van der Waals surface area (Å²) < 4.78 is 4.79. The predicted molar refractivity (Wildman–Crippen MR) is 122 cm³/mol. The van der Waals surface area contributed by atoms with Crippen LogP contribution in [0.3, 0.4) is 0 Å². The van der Waals surface area contributed by atoms with Gasteiger partial charge in [0.1, 0.15) is 5.69 Å². The van der Waals surface area contributed by atoms with E-state index in [0.717, 1.165) is 37.2 Å². The van der Waals surface area contributed by atoms with Gasteiger partial charge in [0.2, 0.25) is 0 Å². The summed E-state index contributed by atoms with van der Waals surface area (Å²) in [6.45, 7) is 4.24. The van der Waals surface area contributed by atoms with E-state index in [0.29, 0.717) is 30.3 Å². The van der Waals surface area contributed by atoms with Crippen molar-refractivity contribution in [2.24, 2.45) is 5.92 Å². The minimum absolute atomic E-state index is 0.0603. The molecule has 2 aromatic carbocycles. The maximum Gasteiger partial charge on any atom is 0.414 e. The lowest BCUT2D eigenvalue weighted by Crippen LogP contribution is -2.33. The van der Waals surface area contributed by atoms with Crippen molar-refractivity contribution in [3.8, 4) is 0 Å². The predicted octanol–water partition coefficient (Wildman–Crippen LogP) is 4.21. The van der Waals surface area contributed by atoms with Crippen molar-refractivity contribution < 1.29 is 19.2 Å². The molecule has 32 heavy (non-hydrogen) atoms. The van der Waals surface area contributed by atoms with Gasteiger partial charge in [0.15, 0.2) is 0 Å². The summed E-state index contributed by atoms with van der Waals surface area (Å²) >= 11 is 0. The fourth-order valence-corrected chi connectivity index (χ4v) is 4.31. The van der Waals surface area contributed by atoms with Crippen molar-refractivity contribution in [2.75, 3.05) is 41.9 Å². The molecule has 168 valence electrons. The number of ether oxygens (including phenoxy) is 1. The number of amides is 2. The second-order valence-corrected chi connectivity index (χ2v) is 8.30. The van der Waals surface area contributed by atoms with Gasteiger partial charge in [-0.25, -0.2) is 4.79 Å². The Morgan fingerprint density at radius 2 is 1.81 bits per heavy atom. The summed E-state index contributed by atoms with van der Waals surface area (Å²) in [5.41, 5.74) is 2.97. The van der Waals surface area contributed by atoms with E-state index in [9.17, 15) is 19.7 Å². The number of methoxy groups -OCH3 is 1. The fraction of sp³-hybridized carbons (Fsp3) is 0.391. The molecule has 2 heterocycles. The third-order valence-corrected chi connectivity index (χ3v) is 6.19. The number of fused-ring (bicyclic) bond motifs is 1. The number of nitrogens with one attached hydrogen (secondary N) is 1. The monoisotopic (exact) mass is 438 g/mol. The molecule has 0 radical (unpaired) electrons. The first-order chi connectivity index (χ1) is 15.4. The van der Waals surface area contributed by atoms with Crippen LogP contribution in [0, 0.1) is 16.0 Å². The van der Waals surface area contributed by atoms with E-state index in [-0.39, 0.29) is 11.3 Å². The van der Waals surface area contributed by atoms with Gasteiger partial charge >= 0.3 is 6.09 Å². The van der Waals surface area contributed by atoms with Crippen LogP contribution in [0.1, 0.15) is 35.7 Å². The molecule has 2 aliphatic heterocycles. The number of carbonyl (C=O) groups is 2. The molecule has 1 fully saturated rings. The van der Waals surface area contributed by atoms with Crippen molar-refractivity contribution in [1.82, 2.24) is 0 Å². The van der Waals surface area contributed by atoms with Gasteiger partial charge in [-0.2, -0.15) is 0 Å². The smallest absolute Gasteiger partial charge is 0.414 e. The van der Waals surface area contributed by atoms with Crippen LogP contribution in [0.4, 0.5) is 27.5 Å². The van der Waals surface area contributed by atoms with Crippen LogP contribution in [0.25, 0.3) is 0 Å². The molecular formula is C23H26N4O5. The van der Waals surface area contributed by atoms with Crippen LogP contribution in [-0.2, 0) is 11.2 Å². The van der Waals surface area contributed by atoms with Gasteiger partial charge in [0.25, 0.3) is 11.6 Å². The SMILES string of the molecule is COC(=O)N1CCc2cc(NC(=O)c3ccc(N4CCC(C)CC4)c([N+](=O)[O-])c3)ccc21. The van der Waals surface area contributed by atoms with Crippen molar-refractivity contribution >= 4 is 34.7 Å². The normalized spacial score (nSPS) is 15.9. The summed E-state index contributed by atoms with van der Waals surface area (Å²) in [7, 11) is 1.34. The first kappa shape index (κ1) is 21.6. The zero-order valence-corrected chi connectivity index (χ0v) is 18.2. The molecule has 0 unspecified atom stereocenters. The van der Waals surface area contributed by atoms with E-state index in [1.165, 1.54) is 13.2 Å². The number of hydrogen-bond donors (Lipinski definition) is 1. The lowest BCUT2D eigenvalue weighted by Gasteiger charge is -2.31. The van der Waals surface area contributed by atoms with Gasteiger partial charge < -0.3 is 15.0 Å². The van der Waals surface area contributed by atoms with Crippen LogP contribution in [0.5, 0.6) is 0 Å². The van der Waals surface area contributed by atoms with Gasteiger partial charge in [-0.3, -0.25) is 19.8 Å². The summed E-state index contributed by atoms with van der Waals surface area (Å²) in [5, 5.41) is 14.5. The van der Waals surface area contributed by atoms with Crippen molar-refractivity contribution in [3.05, 3.63) is 57.6 Å². The minimum Gasteiger partial charge on any atom is -0.452 e. The zero-order valence-electron chi connectivity index (χ0n) is 18.2. The van der Waals surface area contributed by atoms with Gasteiger partial charge in [0, 0.05) is 37.0 Å². The van der Waals surface area contributed by atoms with Crippen molar-refractivity contribution in [2.45, 2.75) is 26.2 Å². The molecule has 2 aliphatic rings. The number of nitrogens with zero attached hydrogens (tertiary/aromatic N) is 3. The molecule has 0 saturated carbocycles. The van der Waals surface area contributed by atoms with Gasteiger partial charge in [-0.15, -0.1) is 0 Å². The fourth-order valence-electron chi connectivity index (χ4n) is 4.31. The number of nitro benzene ring substituents is 1. The molecule has 2 amide bonds. The average Bonchev–Trinajstić information content (AvgIpc) is 3.22. The molecule has 0 aliphatic carbocycles. The summed E-state index contributed by atoms with van der Waals surface area (Å²) in [5.74, 6) is 0.192. The molecule has 1 N–H and O–H groups in total. The number of benzene rings is 2. The number of nitro groups is 1. The molecule has 0 spiro atoms. The topological polar surface area (TPSA) is 105 Å². The van der Waals surface area contributed by atoms with Gasteiger partial charge in [-0.1, -0.05) is 6.92 Å². The molecular weight excluding hydrogens is 412 g/mol. The molecule has 1 saturated heterocycles. The van der Waals surface area contributed by atoms with E-state index in [2.05, 4.69) is 12.2 Å². The lowest BCUT2D eigenvalue weighted by molar-refractivity contribution is -0.384. The van der Waals surface area contributed by atoms with Crippen LogP contribution in [-0.4, -0.2) is 43.7 Å². The maximum atomic E-state index is 12.8. The van der Waals surface area contributed by atoms with Crippen LogP contribution >= 0.6 is 0 Å². The number of anilines is 3. The Hall–Kier alpha value is -3.62. The first-order valence-corrected chi connectivity index (χ1v) is 10.7. The third-order valence-electron chi connectivity index (χ3n) is 6.19. The second-order valence-electron chi connectivity index (χ2n) is 8.30. The van der Waals surface area contributed by atoms with Crippen molar-refractivity contribution in [3.63, 3.8) is 0 Å². The molecule has 0 bridgehead atoms. The number of hydrogen-bond acceptors (Lipinski definition) is 6. The number of carbonyl (C=O) groups excluding carboxylic acids is 2. The highest BCUT2D eigenvalue weighted by molar-refractivity contribution is 6.05. The van der Waals surface area contributed by atoms with Crippen LogP contribution in [0.15, 0.2) is 36.4 Å². The van der Waals surface area contributed by atoms with Gasteiger partial charge in [-0.05, 0) is 61.1 Å². The first-order valence-electron chi connectivity index (χ1n) is 10.7. The standard InChI is InChI=1S/C23H26N4O5/c1-15-7-10-25(11-8-15)20-5-3-17(14-21(20)27(30)31)22(28)24-18-4-6-19-16(13-18)9-12-26(19)23(29)32-2/h3-6,13-15H,7-12H2,1-2H3,(H,24,28). The molecule has 9 heteroatoms. The molecule has 9 nitrogen and oxygen atoms in total. The Labute approximate surface area is 186 Å². The molecule has 0 aromatic heterocycles. The minimum atomic E-state index is -0.430. The highest BCUT2D eigenvalue weighted by atomic mass is 16.6. The molecule has 4 rings (SSSR count). The largest absolute Gasteiger partial charge is 0.452 e. The van der Waals surface area contributed by atoms with Crippen LogP contribution in [0.2, 0.25) is 0 Å². The quantitative estimate of drug-likeness (QED) is 0.566. The molecule has 0 atom stereocenters. The van der Waals surface area contributed by atoms with E-state index in [1.807, 2.05) is 11.0 Å². The Bertz CT molecular complexity index is 1060. The maximum absolute atomic E-state index is 12.8. The van der Waals surface area contributed by atoms with E-state index in [1.54, 1.807) is 29.2 Å². The highest BCUT2D eigenvalue weighted by Gasteiger charge is 2.27. The summed E-state index contributed by atoms with van der Waals surface area (Å²) in [6, 6.07) is 9.92. The highest BCUT2D eigenvalue weighted by Crippen LogP contribution is 2.33. The lowest BCUT2D eigenvalue weighted by atomic mass is 9.98. The Balaban J connectivity index is 1.52. The van der Waals surface area contributed by atoms with Crippen LogP contribution < -0.4 is 15.1 Å². The zero-order chi connectivity index (χ0) is 22.8. The van der Waals surface area contributed by atoms with Crippen molar-refractivity contribution in [1.29, 1.82) is 0 Å². The molecule has 2 aromatic rings. The van der Waals surface area contributed by atoms with E-state index in [4.69, 9.17) is 4.74 Å². The summed E-state index contributed by atoms with van der Waals surface area (Å²) in [6.07, 6.45) is 2.22. The number of rotatable bonds is 4. The second kappa shape index (κ2) is 8.86. The average molecular weight is 438 g/mol. The number of piperidine rings is 1. The van der Waals surface area contributed by atoms with Gasteiger partial charge in [0.05, 0.1) is 17.7 Å². The Morgan fingerprint density at radius 1 is 1.09 bits per heavy atom. The third kappa shape index (κ3) is 4.23. The Morgan fingerprint density at radius 3 is 2.50 bits per heavy atom. The summed E-state index contributed by atoms with van der Waals surface area (Å²) in [4.78, 5) is 39.5. The Kier molecular flexibility index (Phi) is 5.98. The van der Waals surface area contributed by atoms with E-state index < -0.39 is 16.9 Å².